The minimum absolute atomic E-state index is 0.0313. The summed E-state index contributed by atoms with van der Waals surface area (Å²) in [5, 5.41) is 0. The number of likely N-dealkylation sites (tertiary alicyclic amines) is 1. The normalized spacial score (nSPS) is 23.3. The van der Waals surface area contributed by atoms with E-state index in [9.17, 15) is 13.2 Å². The lowest BCUT2D eigenvalue weighted by molar-refractivity contribution is -0.127. The van der Waals surface area contributed by atoms with E-state index < -0.39 is 10.0 Å². The molecule has 6 heteroatoms. The summed E-state index contributed by atoms with van der Waals surface area (Å²) in [7, 11) is -1.46. The molecule has 0 aromatic heterocycles. The number of benzene rings is 1. The molecule has 1 amide bonds. The van der Waals surface area contributed by atoms with Crippen LogP contribution in [0.2, 0.25) is 0 Å². The Morgan fingerprint density at radius 1 is 1.30 bits per heavy atom. The van der Waals surface area contributed by atoms with Gasteiger partial charge in [-0.1, -0.05) is 30.3 Å². The standard InChI is InChI=1S/C14H20N2O3S/c1-3-20(18,19)15-10-12-9-13(17)16(2)14(12)11-7-5-4-6-8-11/h4-8,12,14-15H,3,9-10H2,1-2H3/t12-,14-/m0/s1. The molecule has 2 atom stereocenters. The zero-order valence-corrected chi connectivity index (χ0v) is 12.6. The van der Waals surface area contributed by atoms with E-state index in [4.69, 9.17) is 0 Å². The molecule has 0 unspecified atom stereocenters. The monoisotopic (exact) mass is 296 g/mol. The van der Waals surface area contributed by atoms with E-state index in [-0.39, 0.29) is 23.6 Å². The largest absolute Gasteiger partial charge is 0.338 e. The third-order valence-electron chi connectivity index (χ3n) is 3.78. The predicted molar refractivity (Wildman–Crippen MR) is 77.5 cm³/mol. The number of carbonyl (C=O) groups is 1. The van der Waals surface area contributed by atoms with E-state index in [0.29, 0.717) is 13.0 Å². The van der Waals surface area contributed by atoms with Crippen LogP contribution >= 0.6 is 0 Å². The van der Waals surface area contributed by atoms with Crippen LogP contribution in [0.15, 0.2) is 30.3 Å². The van der Waals surface area contributed by atoms with Gasteiger partial charge < -0.3 is 4.90 Å². The highest BCUT2D eigenvalue weighted by molar-refractivity contribution is 7.89. The van der Waals surface area contributed by atoms with Crippen LogP contribution in [0.4, 0.5) is 0 Å². The molecular weight excluding hydrogens is 276 g/mol. The molecule has 1 aromatic carbocycles. The number of sulfonamides is 1. The van der Waals surface area contributed by atoms with Crippen LogP contribution in [0, 0.1) is 5.92 Å². The first-order valence-corrected chi connectivity index (χ1v) is 8.37. The Kier molecular flexibility index (Phi) is 4.45. The van der Waals surface area contributed by atoms with Gasteiger partial charge in [0.25, 0.3) is 0 Å². The third-order valence-corrected chi connectivity index (χ3v) is 5.15. The molecule has 0 aliphatic carbocycles. The summed E-state index contributed by atoms with van der Waals surface area (Å²) >= 11 is 0. The molecule has 1 fully saturated rings. The van der Waals surface area contributed by atoms with Crippen molar-refractivity contribution in [3.8, 4) is 0 Å². The van der Waals surface area contributed by atoms with Gasteiger partial charge in [-0.25, -0.2) is 13.1 Å². The Bertz CT molecular complexity index is 571. The first-order chi connectivity index (χ1) is 9.44. The first kappa shape index (κ1) is 15.0. The molecule has 1 aromatic rings. The zero-order valence-electron chi connectivity index (χ0n) is 11.7. The van der Waals surface area contributed by atoms with Crippen molar-refractivity contribution in [2.75, 3.05) is 19.3 Å². The fourth-order valence-corrected chi connectivity index (χ4v) is 3.29. The number of hydrogen-bond donors (Lipinski definition) is 1. The first-order valence-electron chi connectivity index (χ1n) is 6.72. The van der Waals surface area contributed by atoms with Crippen molar-refractivity contribution >= 4 is 15.9 Å². The Hall–Kier alpha value is -1.40. The molecule has 0 bridgehead atoms. The summed E-state index contributed by atoms with van der Waals surface area (Å²) in [5.74, 6) is 0.0789. The van der Waals surface area contributed by atoms with Crippen molar-refractivity contribution in [1.82, 2.24) is 9.62 Å². The lowest BCUT2D eigenvalue weighted by Crippen LogP contribution is -2.33. The van der Waals surface area contributed by atoms with Gasteiger partial charge in [-0.3, -0.25) is 4.79 Å². The summed E-state index contributed by atoms with van der Waals surface area (Å²) in [6, 6.07) is 9.67. The highest BCUT2D eigenvalue weighted by Crippen LogP contribution is 2.36. The van der Waals surface area contributed by atoms with Crippen LogP contribution in [-0.4, -0.2) is 38.6 Å². The van der Waals surface area contributed by atoms with Crippen LogP contribution in [0.3, 0.4) is 0 Å². The number of nitrogens with one attached hydrogen (secondary N) is 1. The second-order valence-corrected chi connectivity index (χ2v) is 7.17. The predicted octanol–water partition coefficient (Wildman–Crippen LogP) is 1.15. The average Bonchev–Trinajstić information content (AvgIpc) is 2.73. The van der Waals surface area contributed by atoms with Gasteiger partial charge in [0.1, 0.15) is 0 Å². The fraction of sp³-hybridized carbons (Fsp3) is 0.500. The minimum atomic E-state index is -3.23. The zero-order chi connectivity index (χ0) is 14.8. The van der Waals surface area contributed by atoms with Crippen LogP contribution in [-0.2, 0) is 14.8 Å². The molecule has 1 N–H and O–H groups in total. The van der Waals surface area contributed by atoms with Gasteiger partial charge in [-0.15, -0.1) is 0 Å². The van der Waals surface area contributed by atoms with Gasteiger partial charge in [0.05, 0.1) is 11.8 Å². The molecular formula is C14H20N2O3S. The van der Waals surface area contributed by atoms with Gasteiger partial charge in [0.2, 0.25) is 15.9 Å². The maximum Gasteiger partial charge on any atom is 0.223 e. The summed E-state index contributed by atoms with van der Waals surface area (Å²) in [6.45, 7) is 1.90. The molecule has 110 valence electrons. The number of nitrogens with zero attached hydrogens (tertiary/aromatic N) is 1. The molecule has 1 saturated heterocycles. The van der Waals surface area contributed by atoms with Crippen LogP contribution in [0.5, 0.6) is 0 Å². The van der Waals surface area contributed by atoms with Gasteiger partial charge >= 0.3 is 0 Å². The average molecular weight is 296 g/mol. The van der Waals surface area contributed by atoms with E-state index in [1.165, 1.54) is 0 Å². The van der Waals surface area contributed by atoms with Crippen molar-refractivity contribution in [3.63, 3.8) is 0 Å². The Morgan fingerprint density at radius 3 is 2.55 bits per heavy atom. The molecule has 0 radical (unpaired) electrons. The van der Waals surface area contributed by atoms with E-state index in [2.05, 4.69) is 4.72 Å². The van der Waals surface area contributed by atoms with E-state index in [1.807, 2.05) is 30.3 Å². The van der Waals surface area contributed by atoms with Crippen molar-refractivity contribution < 1.29 is 13.2 Å². The summed E-state index contributed by atoms with van der Waals surface area (Å²) in [6.07, 6.45) is 0.377. The molecule has 5 nitrogen and oxygen atoms in total. The van der Waals surface area contributed by atoms with E-state index >= 15 is 0 Å². The smallest absolute Gasteiger partial charge is 0.223 e. The molecule has 2 rings (SSSR count). The quantitative estimate of drug-likeness (QED) is 0.886. The lowest BCUT2D eigenvalue weighted by atomic mass is 9.94. The van der Waals surface area contributed by atoms with Gasteiger partial charge in [0.15, 0.2) is 0 Å². The minimum Gasteiger partial charge on any atom is -0.338 e. The Balaban J connectivity index is 2.17. The number of carbonyl (C=O) groups excluding carboxylic acids is 1. The van der Waals surface area contributed by atoms with Crippen molar-refractivity contribution in [1.29, 1.82) is 0 Å². The second kappa shape index (κ2) is 5.93. The molecule has 0 spiro atoms. The summed E-state index contributed by atoms with van der Waals surface area (Å²) < 4.78 is 25.7. The van der Waals surface area contributed by atoms with Crippen molar-refractivity contribution in [2.45, 2.75) is 19.4 Å². The summed E-state index contributed by atoms with van der Waals surface area (Å²) in [5.41, 5.74) is 1.04. The SMILES string of the molecule is CCS(=O)(=O)NC[C@@H]1CC(=O)N(C)[C@H]1c1ccccc1. The summed E-state index contributed by atoms with van der Waals surface area (Å²) in [4.78, 5) is 13.6. The topological polar surface area (TPSA) is 66.5 Å². The van der Waals surface area contributed by atoms with Crippen molar-refractivity contribution in [2.24, 2.45) is 5.92 Å². The number of rotatable bonds is 5. The molecule has 20 heavy (non-hydrogen) atoms. The Labute approximate surface area is 120 Å². The van der Waals surface area contributed by atoms with Gasteiger partial charge in [0, 0.05) is 25.9 Å². The second-order valence-electron chi connectivity index (χ2n) is 5.08. The maximum absolute atomic E-state index is 11.9. The highest BCUT2D eigenvalue weighted by atomic mass is 32.2. The lowest BCUT2D eigenvalue weighted by Gasteiger charge is -2.25. The number of amides is 1. The molecule has 0 saturated carbocycles. The molecule has 1 aliphatic rings. The third kappa shape index (κ3) is 3.19. The van der Waals surface area contributed by atoms with Crippen LogP contribution in [0.1, 0.15) is 24.9 Å². The molecule has 1 heterocycles. The van der Waals surface area contributed by atoms with Crippen molar-refractivity contribution in [3.05, 3.63) is 35.9 Å². The van der Waals surface area contributed by atoms with Gasteiger partial charge in [-0.05, 0) is 12.5 Å². The molecule has 1 aliphatic heterocycles. The number of hydrogen-bond acceptors (Lipinski definition) is 3. The van der Waals surface area contributed by atoms with E-state index in [0.717, 1.165) is 5.56 Å². The van der Waals surface area contributed by atoms with E-state index in [1.54, 1.807) is 18.9 Å². The highest BCUT2D eigenvalue weighted by Gasteiger charge is 2.38. The van der Waals surface area contributed by atoms with Crippen LogP contribution < -0.4 is 4.72 Å². The van der Waals surface area contributed by atoms with Gasteiger partial charge in [-0.2, -0.15) is 0 Å². The Morgan fingerprint density at radius 2 is 1.95 bits per heavy atom. The van der Waals surface area contributed by atoms with Crippen LogP contribution in [0.25, 0.3) is 0 Å². The fourth-order valence-electron chi connectivity index (χ4n) is 2.62. The maximum atomic E-state index is 11.9.